The van der Waals surface area contributed by atoms with Crippen LogP contribution in [-0.4, -0.2) is 66.2 Å². The number of hydrogen-bond acceptors (Lipinski definition) is 4. The minimum atomic E-state index is -0.519. The maximum absolute atomic E-state index is 12.3. The van der Waals surface area contributed by atoms with Crippen molar-refractivity contribution in [2.24, 2.45) is 0 Å². The Hall–Kier alpha value is -1.30. The zero-order chi connectivity index (χ0) is 14.9. The molecule has 0 aliphatic carbocycles. The largest absolute Gasteiger partial charge is 0.444 e. The highest BCUT2D eigenvalue weighted by Crippen LogP contribution is 2.32. The van der Waals surface area contributed by atoms with Gasteiger partial charge in [-0.3, -0.25) is 9.69 Å². The Morgan fingerprint density at radius 1 is 1.45 bits per heavy atom. The molecule has 2 aliphatic heterocycles. The normalized spacial score (nSPS) is 25.5. The molecule has 2 atom stereocenters. The zero-order valence-corrected chi connectivity index (χ0v) is 12.8. The van der Waals surface area contributed by atoms with E-state index in [1.807, 2.05) is 32.7 Å². The third kappa shape index (κ3) is 3.06. The lowest BCUT2D eigenvalue weighted by Gasteiger charge is -2.34. The Kier molecular flexibility index (Phi) is 4.22. The van der Waals surface area contributed by atoms with Crippen LogP contribution in [-0.2, 0) is 9.53 Å². The van der Waals surface area contributed by atoms with Gasteiger partial charge in [0.15, 0.2) is 0 Å². The first-order valence-electron chi connectivity index (χ1n) is 7.28. The molecule has 0 aromatic rings. The van der Waals surface area contributed by atoms with E-state index in [0.29, 0.717) is 6.54 Å². The summed E-state index contributed by atoms with van der Waals surface area (Å²) < 4.78 is 5.36. The molecule has 1 N–H and O–H groups in total. The highest BCUT2D eigenvalue weighted by molar-refractivity contribution is 5.89. The van der Waals surface area contributed by atoms with Gasteiger partial charge in [0.25, 0.3) is 0 Å². The number of hydrogen-bond donors (Lipinski definition) is 1. The van der Waals surface area contributed by atoms with E-state index in [0.717, 1.165) is 25.9 Å². The summed E-state index contributed by atoms with van der Waals surface area (Å²) in [5.74, 6) is 0.0724. The van der Waals surface area contributed by atoms with Crippen LogP contribution in [0.2, 0.25) is 0 Å². The van der Waals surface area contributed by atoms with Crippen LogP contribution in [0.15, 0.2) is 0 Å². The van der Waals surface area contributed by atoms with Gasteiger partial charge in [-0.05, 0) is 47.2 Å². The van der Waals surface area contributed by atoms with E-state index < -0.39 is 5.60 Å². The molecule has 2 unspecified atom stereocenters. The molecule has 0 aromatic carbocycles. The minimum Gasteiger partial charge on any atom is -0.444 e. The molecule has 0 saturated carbocycles. The first kappa shape index (κ1) is 15.1. The number of ether oxygens (including phenoxy) is 1. The van der Waals surface area contributed by atoms with Gasteiger partial charge in [-0.25, -0.2) is 4.79 Å². The molecular formula is C14H25N3O3. The van der Waals surface area contributed by atoms with E-state index in [1.54, 1.807) is 4.90 Å². The Labute approximate surface area is 120 Å². The number of fused-ring (bicyclic) bond motifs is 2. The Balaban J connectivity index is 1.92. The molecule has 6 nitrogen and oxygen atoms in total. The van der Waals surface area contributed by atoms with Gasteiger partial charge < -0.3 is 15.0 Å². The van der Waals surface area contributed by atoms with Crippen LogP contribution in [0.1, 0.15) is 33.6 Å². The number of rotatable bonds is 4. The second-order valence-corrected chi connectivity index (χ2v) is 6.53. The van der Waals surface area contributed by atoms with Gasteiger partial charge in [0.2, 0.25) is 5.91 Å². The van der Waals surface area contributed by atoms with E-state index in [2.05, 4.69) is 5.32 Å². The molecule has 2 saturated heterocycles. The van der Waals surface area contributed by atoms with Gasteiger partial charge in [0.1, 0.15) is 11.6 Å². The molecule has 2 amide bonds. The molecule has 20 heavy (non-hydrogen) atoms. The number of nitrogens with one attached hydrogen (secondary N) is 1. The van der Waals surface area contributed by atoms with Crippen LogP contribution in [0, 0.1) is 0 Å². The van der Waals surface area contributed by atoms with Gasteiger partial charge in [-0.1, -0.05) is 0 Å². The third-order valence-corrected chi connectivity index (χ3v) is 3.74. The summed E-state index contributed by atoms with van der Waals surface area (Å²) in [5.41, 5.74) is -0.519. The van der Waals surface area contributed by atoms with Crippen LogP contribution >= 0.6 is 0 Å². The summed E-state index contributed by atoms with van der Waals surface area (Å²) in [5, 5.41) is 3.08. The standard InChI is InChI=1S/C14H25N3O3/c1-14(2,3)20-13(19)17-9-10-8-11(17)12(18)16(10)7-5-6-15-4/h10-11,15H,5-9H2,1-4H3. The summed E-state index contributed by atoms with van der Waals surface area (Å²) in [6, 6.07) is -0.152. The van der Waals surface area contributed by atoms with Gasteiger partial charge in [-0.15, -0.1) is 0 Å². The molecule has 2 bridgehead atoms. The van der Waals surface area contributed by atoms with E-state index >= 15 is 0 Å². The number of piperazine rings is 1. The quantitative estimate of drug-likeness (QED) is 0.776. The van der Waals surface area contributed by atoms with E-state index in [-0.39, 0.29) is 24.1 Å². The molecule has 2 heterocycles. The van der Waals surface area contributed by atoms with Crippen molar-refractivity contribution in [1.29, 1.82) is 0 Å². The monoisotopic (exact) mass is 283 g/mol. The highest BCUT2D eigenvalue weighted by Gasteiger charge is 2.51. The maximum atomic E-state index is 12.3. The number of amides is 2. The molecule has 2 aliphatic rings. The summed E-state index contributed by atoms with van der Waals surface area (Å²) in [7, 11) is 1.90. The smallest absolute Gasteiger partial charge is 0.411 e. The highest BCUT2D eigenvalue weighted by atomic mass is 16.6. The summed E-state index contributed by atoms with van der Waals surface area (Å²) >= 11 is 0. The molecule has 0 spiro atoms. The Morgan fingerprint density at radius 2 is 2.15 bits per heavy atom. The Morgan fingerprint density at radius 3 is 2.70 bits per heavy atom. The molecule has 2 rings (SSSR count). The van der Waals surface area contributed by atoms with Gasteiger partial charge >= 0.3 is 6.09 Å². The second kappa shape index (κ2) is 5.60. The van der Waals surface area contributed by atoms with Gasteiger partial charge in [0.05, 0.1) is 6.04 Å². The lowest BCUT2D eigenvalue weighted by Crippen LogP contribution is -2.53. The first-order chi connectivity index (χ1) is 9.33. The van der Waals surface area contributed by atoms with Crippen molar-refractivity contribution >= 4 is 12.0 Å². The summed E-state index contributed by atoms with van der Waals surface area (Å²) in [4.78, 5) is 27.9. The second-order valence-electron chi connectivity index (χ2n) is 6.53. The fourth-order valence-electron chi connectivity index (χ4n) is 2.89. The van der Waals surface area contributed by atoms with Crippen molar-refractivity contribution in [3.05, 3.63) is 0 Å². The summed E-state index contributed by atoms with van der Waals surface area (Å²) in [6.07, 6.45) is 1.32. The number of carbonyl (C=O) groups is 2. The van der Waals surface area contributed by atoms with Crippen molar-refractivity contribution < 1.29 is 14.3 Å². The van der Waals surface area contributed by atoms with Crippen LogP contribution < -0.4 is 5.32 Å². The predicted octanol–water partition coefficient (Wildman–Crippen LogP) is 0.816. The van der Waals surface area contributed by atoms with Crippen molar-refractivity contribution in [1.82, 2.24) is 15.1 Å². The van der Waals surface area contributed by atoms with Crippen LogP contribution in [0.25, 0.3) is 0 Å². The summed E-state index contributed by atoms with van der Waals surface area (Å²) in [6.45, 7) is 7.78. The third-order valence-electron chi connectivity index (χ3n) is 3.74. The fraction of sp³-hybridized carbons (Fsp3) is 0.857. The van der Waals surface area contributed by atoms with Gasteiger partial charge in [-0.2, -0.15) is 0 Å². The lowest BCUT2D eigenvalue weighted by atomic mass is 10.2. The molecule has 0 radical (unpaired) electrons. The average Bonchev–Trinajstić information content (AvgIpc) is 2.87. The predicted molar refractivity (Wildman–Crippen MR) is 75.4 cm³/mol. The van der Waals surface area contributed by atoms with E-state index in [9.17, 15) is 9.59 Å². The number of carbonyl (C=O) groups excluding carboxylic acids is 2. The van der Waals surface area contributed by atoms with E-state index in [4.69, 9.17) is 4.74 Å². The molecule has 2 fully saturated rings. The van der Waals surface area contributed by atoms with Crippen molar-refractivity contribution in [2.45, 2.75) is 51.3 Å². The minimum absolute atomic E-state index is 0.0724. The fourth-order valence-corrected chi connectivity index (χ4v) is 2.89. The molecule has 6 heteroatoms. The van der Waals surface area contributed by atoms with Gasteiger partial charge in [0, 0.05) is 13.1 Å². The zero-order valence-electron chi connectivity index (χ0n) is 12.8. The lowest BCUT2D eigenvalue weighted by molar-refractivity contribution is -0.136. The SMILES string of the molecule is CNCCCN1C(=O)C2CC1CN2C(=O)OC(C)(C)C. The van der Waals surface area contributed by atoms with Crippen molar-refractivity contribution in [3.63, 3.8) is 0 Å². The van der Waals surface area contributed by atoms with Crippen LogP contribution in [0.4, 0.5) is 4.79 Å². The first-order valence-corrected chi connectivity index (χ1v) is 7.28. The maximum Gasteiger partial charge on any atom is 0.411 e. The van der Waals surface area contributed by atoms with Crippen LogP contribution in [0.3, 0.4) is 0 Å². The molecule has 114 valence electrons. The average molecular weight is 283 g/mol. The van der Waals surface area contributed by atoms with E-state index in [1.165, 1.54) is 0 Å². The molecular weight excluding hydrogens is 258 g/mol. The number of likely N-dealkylation sites (tertiary alicyclic amines) is 2. The topological polar surface area (TPSA) is 61.9 Å². The van der Waals surface area contributed by atoms with Crippen molar-refractivity contribution in [3.8, 4) is 0 Å². The Bertz CT molecular complexity index is 392. The van der Waals surface area contributed by atoms with Crippen molar-refractivity contribution in [2.75, 3.05) is 26.7 Å². The van der Waals surface area contributed by atoms with Crippen LogP contribution in [0.5, 0.6) is 0 Å². The number of nitrogens with zero attached hydrogens (tertiary/aromatic N) is 2. The molecule has 0 aromatic heterocycles.